The number of hydrogen-bond acceptors (Lipinski definition) is 4. The van der Waals surface area contributed by atoms with E-state index in [-0.39, 0.29) is 29.9 Å². The Morgan fingerprint density at radius 1 is 1.27 bits per heavy atom. The van der Waals surface area contributed by atoms with Crippen LogP contribution in [0.1, 0.15) is 39.8 Å². The molecule has 1 atom stereocenters. The molecule has 0 amide bonds. The Morgan fingerprint density at radius 3 is 2.62 bits per heavy atom. The summed E-state index contributed by atoms with van der Waals surface area (Å²) in [5.74, 6) is 0.840. The molecule has 1 fully saturated rings. The minimum Gasteiger partial charge on any atom is -0.485 e. The van der Waals surface area contributed by atoms with Crippen molar-refractivity contribution in [2.24, 2.45) is 0 Å². The van der Waals surface area contributed by atoms with E-state index >= 15 is 0 Å². The summed E-state index contributed by atoms with van der Waals surface area (Å²) in [6, 6.07) is 6.98. The average Bonchev–Trinajstić information content (AvgIpc) is 3.05. The summed E-state index contributed by atoms with van der Waals surface area (Å²) in [5, 5.41) is 0.622. The number of Topliss-reactive ketones (excluding diaryl/α,β-unsaturated/α-hetero) is 1. The number of aryl methyl sites for hydroxylation is 2. The first-order valence-electron chi connectivity index (χ1n) is 8.49. The van der Waals surface area contributed by atoms with Gasteiger partial charge in [-0.05, 0) is 57.0 Å². The van der Waals surface area contributed by atoms with Crippen LogP contribution in [-0.2, 0) is 9.84 Å². The highest BCUT2D eigenvalue weighted by Gasteiger charge is 2.31. The lowest BCUT2D eigenvalue weighted by molar-refractivity contribution is 0.0920. The fourth-order valence-corrected chi connectivity index (χ4v) is 5.52. The lowest BCUT2D eigenvalue weighted by atomic mass is 10.1. The normalized spacial score (nSPS) is 18.8. The smallest absolute Gasteiger partial charge is 0.202 e. The van der Waals surface area contributed by atoms with Crippen LogP contribution in [0.2, 0.25) is 5.02 Å². The van der Waals surface area contributed by atoms with Crippen LogP contribution in [0, 0.1) is 20.8 Å². The van der Waals surface area contributed by atoms with Crippen LogP contribution < -0.4 is 4.74 Å². The summed E-state index contributed by atoms with van der Waals surface area (Å²) in [7, 11) is -2.98. The SMILES string of the molecule is Cc1cc(Cl)ccc1OCC(=O)c1cc(C)n([C@@H]2CCS(=O)(=O)C2)c1C. The van der Waals surface area contributed by atoms with E-state index in [1.165, 1.54) is 0 Å². The van der Waals surface area contributed by atoms with Crippen LogP contribution in [-0.4, -0.2) is 36.9 Å². The summed E-state index contributed by atoms with van der Waals surface area (Å²) in [4.78, 5) is 12.6. The van der Waals surface area contributed by atoms with E-state index in [2.05, 4.69) is 0 Å². The third-order valence-corrected chi connectivity index (χ3v) is 6.84. The van der Waals surface area contributed by atoms with Crippen molar-refractivity contribution in [3.63, 3.8) is 0 Å². The minimum absolute atomic E-state index is 0.0737. The molecule has 26 heavy (non-hydrogen) atoms. The zero-order valence-corrected chi connectivity index (χ0v) is 16.7. The molecule has 2 heterocycles. The summed E-state index contributed by atoms with van der Waals surface area (Å²) in [6.45, 7) is 5.56. The van der Waals surface area contributed by atoms with Crippen molar-refractivity contribution >= 4 is 27.2 Å². The minimum atomic E-state index is -2.98. The maximum atomic E-state index is 12.6. The van der Waals surface area contributed by atoms with Crippen molar-refractivity contribution in [1.82, 2.24) is 4.57 Å². The fourth-order valence-electron chi connectivity index (χ4n) is 3.60. The van der Waals surface area contributed by atoms with Gasteiger partial charge < -0.3 is 9.30 Å². The first-order valence-corrected chi connectivity index (χ1v) is 10.7. The lowest BCUT2D eigenvalue weighted by Gasteiger charge is -2.16. The Bertz CT molecular complexity index is 962. The fraction of sp³-hybridized carbons (Fsp3) is 0.421. The van der Waals surface area contributed by atoms with E-state index in [9.17, 15) is 13.2 Å². The van der Waals surface area contributed by atoms with Gasteiger partial charge in [0.05, 0.1) is 11.5 Å². The highest BCUT2D eigenvalue weighted by Crippen LogP contribution is 2.29. The van der Waals surface area contributed by atoms with Crippen molar-refractivity contribution < 1.29 is 17.9 Å². The van der Waals surface area contributed by atoms with Crippen LogP contribution in [0.5, 0.6) is 5.75 Å². The average molecular weight is 396 g/mol. The van der Waals surface area contributed by atoms with Crippen molar-refractivity contribution in [3.8, 4) is 5.75 Å². The molecular weight excluding hydrogens is 374 g/mol. The Kier molecular flexibility index (Phi) is 5.17. The number of halogens is 1. The van der Waals surface area contributed by atoms with Gasteiger partial charge in [-0.1, -0.05) is 11.6 Å². The van der Waals surface area contributed by atoms with E-state index < -0.39 is 9.84 Å². The molecule has 7 heteroatoms. The van der Waals surface area contributed by atoms with Gasteiger partial charge in [0, 0.05) is 28.0 Å². The second-order valence-corrected chi connectivity index (χ2v) is 9.50. The number of ether oxygens (including phenoxy) is 1. The van der Waals surface area contributed by atoms with Gasteiger partial charge >= 0.3 is 0 Å². The molecule has 0 bridgehead atoms. The molecule has 1 aliphatic heterocycles. The standard InChI is InChI=1S/C19H22ClNO4S/c1-12-8-15(20)4-5-19(12)25-10-18(22)17-9-13(2)21(14(17)3)16-6-7-26(23,24)11-16/h4-5,8-9,16H,6-7,10-11H2,1-3H3/t16-/m1/s1. The van der Waals surface area contributed by atoms with Crippen LogP contribution in [0.4, 0.5) is 0 Å². The number of nitrogens with zero attached hydrogens (tertiary/aromatic N) is 1. The molecule has 140 valence electrons. The molecule has 0 N–H and O–H groups in total. The third-order valence-electron chi connectivity index (χ3n) is 4.85. The molecule has 5 nitrogen and oxygen atoms in total. The van der Waals surface area contributed by atoms with Gasteiger partial charge in [-0.25, -0.2) is 8.42 Å². The lowest BCUT2D eigenvalue weighted by Crippen LogP contribution is -2.16. The van der Waals surface area contributed by atoms with E-state index in [1.54, 1.807) is 18.2 Å². The largest absolute Gasteiger partial charge is 0.485 e. The summed E-state index contributed by atoms with van der Waals surface area (Å²) >= 11 is 5.93. The number of aromatic nitrogens is 1. The predicted molar refractivity (Wildman–Crippen MR) is 102 cm³/mol. The van der Waals surface area contributed by atoms with Crippen molar-refractivity contribution in [2.45, 2.75) is 33.2 Å². The Hall–Kier alpha value is -1.79. The van der Waals surface area contributed by atoms with Gasteiger partial charge in [-0.2, -0.15) is 0 Å². The molecule has 1 aromatic carbocycles. The van der Waals surface area contributed by atoms with Crippen molar-refractivity contribution in [2.75, 3.05) is 18.1 Å². The third kappa shape index (κ3) is 3.81. The van der Waals surface area contributed by atoms with Gasteiger partial charge in [0.15, 0.2) is 16.4 Å². The summed E-state index contributed by atoms with van der Waals surface area (Å²) in [5.41, 5.74) is 3.15. The molecule has 1 aliphatic rings. The molecule has 1 saturated heterocycles. The number of ketones is 1. The molecule has 0 radical (unpaired) electrons. The van der Waals surface area contributed by atoms with Gasteiger partial charge in [0.2, 0.25) is 5.78 Å². The van der Waals surface area contributed by atoms with Gasteiger partial charge in [0.1, 0.15) is 5.75 Å². The van der Waals surface area contributed by atoms with Crippen LogP contribution in [0.25, 0.3) is 0 Å². The predicted octanol–water partition coefficient (Wildman–Crippen LogP) is 3.69. The second-order valence-electron chi connectivity index (χ2n) is 6.83. The number of carbonyl (C=O) groups excluding carboxylic acids is 1. The molecule has 0 spiro atoms. The van der Waals surface area contributed by atoms with Gasteiger partial charge in [0.25, 0.3) is 0 Å². The summed E-state index contributed by atoms with van der Waals surface area (Å²) in [6.07, 6.45) is 0.590. The zero-order chi connectivity index (χ0) is 19.1. The number of sulfone groups is 1. The Morgan fingerprint density at radius 2 is 2.00 bits per heavy atom. The molecule has 1 aromatic heterocycles. The number of carbonyl (C=O) groups is 1. The van der Waals surface area contributed by atoms with Crippen LogP contribution in [0.3, 0.4) is 0 Å². The van der Waals surface area contributed by atoms with Crippen molar-refractivity contribution in [1.29, 1.82) is 0 Å². The van der Waals surface area contributed by atoms with E-state index in [1.807, 2.05) is 31.4 Å². The quantitative estimate of drug-likeness (QED) is 0.724. The molecule has 2 aromatic rings. The van der Waals surface area contributed by atoms with Crippen LogP contribution in [0.15, 0.2) is 24.3 Å². The number of hydrogen-bond donors (Lipinski definition) is 0. The maximum absolute atomic E-state index is 12.6. The van der Waals surface area contributed by atoms with Crippen LogP contribution >= 0.6 is 11.6 Å². The first-order chi connectivity index (χ1) is 12.2. The first kappa shape index (κ1) is 19.0. The Labute approximate surface area is 158 Å². The molecule has 3 rings (SSSR count). The van der Waals surface area contributed by atoms with Gasteiger partial charge in [-0.15, -0.1) is 0 Å². The zero-order valence-electron chi connectivity index (χ0n) is 15.1. The van der Waals surface area contributed by atoms with Gasteiger partial charge in [-0.3, -0.25) is 4.79 Å². The van der Waals surface area contributed by atoms with E-state index in [0.29, 0.717) is 22.8 Å². The highest BCUT2D eigenvalue weighted by molar-refractivity contribution is 7.91. The molecule has 0 aliphatic carbocycles. The second kappa shape index (κ2) is 7.08. The van der Waals surface area contributed by atoms with Crippen molar-refractivity contribution in [3.05, 3.63) is 51.8 Å². The maximum Gasteiger partial charge on any atom is 0.202 e. The molecule has 0 saturated carbocycles. The van der Waals surface area contributed by atoms with E-state index in [4.69, 9.17) is 16.3 Å². The monoisotopic (exact) mass is 395 g/mol. The topological polar surface area (TPSA) is 65.4 Å². The summed E-state index contributed by atoms with van der Waals surface area (Å²) < 4.78 is 31.2. The molecular formula is C19H22ClNO4S. The Balaban J connectivity index is 1.77. The number of rotatable bonds is 5. The molecule has 0 unspecified atom stereocenters. The number of benzene rings is 1. The highest BCUT2D eigenvalue weighted by atomic mass is 35.5. The van der Waals surface area contributed by atoms with E-state index in [0.717, 1.165) is 17.0 Å².